The Balaban J connectivity index is 1.32. The van der Waals surface area contributed by atoms with Crippen LogP contribution in [-0.2, 0) is 29.1 Å². The van der Waals surface area contributed by atoms with E-state index in [0.29, 0.717) is 12.3 Å². The molecule has 1 fully saturated rings. The molecule has 2 aromatic carbocycles. The van der Waals surface area contributed by atoms with Gasteiger partial charge in [-0.1, -0.05) is 48.2 Å². The molecule has 2 aliphatic heterocycles. The van der Waals surface area contributed by atoms with E-state index in [1.807, 2.05) is 44.7 Å². The van der Waals surface area contributed by atoms with Crippen LogP contribution in [0.4, 0.5) is 0 Å². The Morgan fingerprint density at radius 2 is 1.68 bits per heavy atom. The summed E-state index contributed by atoms with van der Waals surface area (Å²) in [5.41, 5.74) is 4.36. The van der Waals surface area contributed by atoms with Crippen LogP contribution in [0, 0.1) is 0 Å². The van der Waals surface area contributed by atoms with Gasteiger partial charge in [0.25, 0.3) is 0 Å². The average Bonchev–Trinajstić information content (AvgIpc) is 3.19. The number of nitrogens with zero attached hydrogens (tertiary/aromatic N) is 4. The Bertz CT molecular complexity index is 1200. The number of imidazole rings is 1. The summed E-state index contributed by atoms with van der Waals surface area (Å²) in [7, 11) is 0. The summed E-state index contributed by atoms with van der Waals surface area (Å²) >= 11 is 1.44. The number of hydrogen-bond acceptors (Lipinski definition) is 4. The van der Waals surface area contributed by atoms with Gasteiger partial charge >= 0.3 is 0 Å². The van der Waals surface area contributed by atoms with Gasteiger partial charge in [-0.3, -0.25) is 9.59 Å². The second-order valence-corrected chi connectivity index (χ2v) is 10.5. The van der Waals surface area contributed by atoms with E-state index in [4.69, 9.17) is 4.98 Å². The first-order chi connectivity index (χ1) is 16.5. The number of fused-ring (bicyclic) bond motifs is 2. The van der Waals surface area contributed by atoms with Crippen LogP contribution in [0.5, 0.6) is 0 Å². The molecule has 2 atom stereocenters. The van der Waals surface area contributed by atoms with Crippen LogP contribution in [0.2, 0.25) is 0 Å². The fraction of sp³-hybridized carbons (Fsp3) is 0.444. The zero-order valence-electron chi connectivity index (χ0n) is 19.9. The first-order valence-electron chi connectivity index (χ1n) is 12.2. The van der Waals surface area contributed by atoms with Crippen LogP contribution in [-0.4, -0.2) is 55.5 Å². The molecule has 3 heterocycles. The van der Waals surface area contributed by atoms with E-state index in [9.17, 15) is 9.59 Å². The molecule has 0 saturated carbocycles. The maximum atomic E-state index is 13.4. The number of carbonyl (C=O) groups is 2. The minimum absolute atomic E-state index is 0.114. The number of piperidine rings is 1. The third-order valence-corrected chi connectivity index (χ3v) is 8.16. The molecular weight excluding hydrogens is 444 g/mol. The molecule has 2 amide bonds. The van der Waals surface area contributed by atoms with Crippen LogP contribution in [0.15, 0.2) is 53.7 Å². The van der Waals surface area contributed by atoms with Crippen molar-refractivity contribution in [2.75, 3.05) is 12.3 Å². The van der Waals surface area contributed by atoms with Crippen molar-refractivity contribution in [3.63, 3.8) is 0 Å². The molecule has 3 aromatic rings. The number of hydrogen-bond donors (Lipinski definition) is 0. The van der Waals surface area contributed by atoms with Crippen LogP contribution in [0.3, 0.4) is 0 Å². The lowest BCUT2D eigenvalue weighted by Gasteiger charge is -2.39. The summed E-state index contributed by atoms with van der Waals surface area (Å²) < 4.78 is 2.00. The highest BCUT2D eigenvalue weighted by Crippen LogP contribution is 2.28. The van der Waals surface area contributed by atoms with Crippen molar-refractivity contribution in [1.82, 2.24) is 19.4 Å². The van der Waals surface area contributed by atoms with E-state index in [0.717, 1.165) is 42.0 Å². The lowest BCUT2D eigenvalue weighted by atomic mass is 9.97. The molecule has 6 nitrogen and oxygen atoms in total. The smallest absolute Gasteiger partial charge is 0.243 e. The van der Waals surface area contributed by atoms with Gasteiger partial charge in [0.1, 0.15) is 6.54 Å². The highest BCUT2D eigenvalue weighted by atomic mass is 32.2. The molecule has 7 heteroatoms. The molecule has 0 bridgehead atoms. The molecule has 0 spiro atoms. The number of benzene rings is 2. The van der Waals surface area contributed by atoms with Crippen molar-refractivity contribution in [3.05, 3.63) is 59.7 Å². The Morgan fingerprint density at radius 3 is 2.47 bits per heavy atom. The maximum Gasteiger partial charge on any atom is 0.243 e. The van der Waals surface area contributed by atoms with Gasteiger partial charge in [-0.25, -0.2) is 4.98 Å². The highest BCUT2D eigenvalue weighted by Gasteiger charge is 2.30. The van der Waals surface area contributed by atoms with E-state index in [2.05, 4.69) is 32.0 Å². The van der Waals surface area contributed by atoms with Crippen LogP contribution in [0.1, 0.15) is 44.2 Å². The number of thioether (sulfide) groups is 1. The van der Waals surface area contributed by atoms with Crippen molar-refractivity contribution < 1.29 is 9.59 Å². The van der Waals surface area contributed by atoms with E-state index >= 15 is 0 Å². The van der Waals surface area contributed by atoms with Crippen molar-refractivity contribution in [3.8, 4) is 0 Å². The normalized spacial score (nSPS) is 20.4. The van der Waals surface area contributed by atoms with Gasteiger partial charge in [-0.05, 0) is 62.8 Å². The fourth-order valence-corrected chi connectivity index (χ4v) is 6.29. The second-order valence-electron chi connectivity index (χ2n) is 9.52. The first kappa shape index (κ1) is 23.0. The van der Waals surface area contributed by atoms with Gasteiger partial charge in [-0.2, -0.15) is 0 Å². The lowest BCUT2D eigenvalue weighted by Crippen LogP contribution is -2.48. The molecule has 0 radical (unpaired) electrons. The minimum Gasteiger partial charge on any atom is -0.337 e. The largest absolute Gasteiger partial charge is 0.337 e. The van der Waals surface area contributed by atoms with Crippen molar-refractivity contribution in [2.45, 2.75) is 69.9 Å². The first-order valence-corrected chi connectivity index (χ1v) is 13.2. The van der Waals surface area contributed by atoms with Gasteiger partial charge < -0.3 is 14.4 Å². The Hall–Kier alpha value is -2.80. The summed E-state index contributed by atoms with van der Waals surface area (Å²) in [6.07, 6.45) is 4.17. The van der Waals surface area contributed by atoms with E-state index in [1.165, 1.54) is 29.3 Å². The molecule has 0 N–H and O–H groups in total. The summed E-state index contributed by atoms with van der Waals surface area (Å²) in [6, 6.07) is 16.8. The summed E-state index contributed by atoms with van der Waals surface area (Å²) in [5.74, 6) is 0.558. The second kappa shape index (κ2) is 9.82. The van der Waals surface area contributed by atoms with E-state index < -0.39 is 0 Å². The van der Waals surface area contributed by atoms with Crippen LogP contribution >= 0.6 is 11.8 Å². The van der Waals surface area contributed by atoms with Crippen LogP contribution < -0.4 is 0 Å². The van der Waals surface area contributed by atoms with Gasteiger partial charge in [-0.15, -0.1) is 0 Å². The van der Waals surface area contributed by atoms with Gasteiger partial charge in [0, 0.05) is 25.2 Å². The quantitative estimate of drug-likeness (QED) is 0.509. The lowest BCUT2D eigenvalue weighted by molar-refractivity contribution is -0.138. The molecule has 1 aromatic heterocycles. The zero-order chi connectivity index (χ0) is 23.7. The highest BCUT2D eigenvalue weighted by molar-refractivity contribution is 7.99. The molecular formula is C27H32N4O2S. The standard InChI is InChI=1S/C27H32N4O2S/c1-19-8-7-9-20(2)31(19)25(32)17-30-24-13-6-5-12-23(24)28-27(30)34-18-26(33)29-15-14-21-10-3-4-11-22(21)16-29/h3-6,10-13,19-20H,7-9,14-18H2,1-2H3/t19-,20-/m0/s1. The van der Waals surface area contributed by atoms with Crippen molar-refractivity contribution >= 4 is 34.6 Å². The topological polar surface area (TPSA) is 58.4 Å². The van der Waals surface area contributed by atoms with Gasteiger partial charge in [0.2, 0.25) is 11.8 Å². The number of carbonyl (C=O) groups excluding carboxylic acids is 2. The third kappa shape index (κ3) is 4.58. The maximum absolute atomic E-state index is 13.4. The van der Waals surface area contributed by atoms with Gasteiger partial charge in [0.15, 0.2) is 5.16 Å². The van der Waals surface area contributed by atoms with Crippen molar-refractivity contribution in [1.29, 1.82) is 0 Å². The summed E-state index contributed by atoms with van der Waals surface area (Å²) in [6.45, 7) is 5.95. The monoisotopic (exact) mass is 476 g/mol. The molecule has 5 rings (SSSR count). The average molecular weight is 477 g/mol. The molecule has 0 unspecified atom stereocenters. The SMILES string of the molecule is C[C@H]1CCC[C@H](C)N1C(=O)Cn1c(SCC(=O)N2CCc3ccccc3C2)nc2ccccc21. The number of rotatable bonds is 5. The Kier molecular flexibility index (Phi) is 6.63. The number of para-hydroxylation sites is 2. The zero-order valence-corrected chi connectivity index (χ0v) is 20.8. The summed E-state index contributed by atoms with van der Waals surface area (Å²) in [5, 5.41) is 0.734. The van der Waals surface area contributed by atoms with Crippen LogP contribution in [0.25, 0.3) is 11.0 Å². The molecule has 0 aliphatic carbocycles. The molecule has 178 valence electrons. The Labute approximate surface area is 205 Å². The molecule has 2 aliphatic rings. The fourth-order valence-electron chi connectivity index (χ4n) is 5.37. The predicted octanol–water partition coefficient (Wildman–Crippen LogP) is 4.50. The number of amides is 2. The van der Waals surface area contributed by atoms with Gasteiger partial charge in [0.05, 0.1) is 16.8 Å². The Morgan fingerprint density at radius 1 is 0.971 bits per heavy atom. The molecule has 1 saturated heterocycles. The number of likely N-dealkylation sites (tertiary alicyclic amines) is 1. The number of aromatic nitrogens is 2. The van der Waals surface area contributed by atoms with E-state index in [-0.39, 0.29) is 30.4 Å². The van der Waals surface area contributed by atoms with E-state index in [1.54, 1.807) is 0 Å². The molecule has 34 heavy (non-hydrogen) atoms. The third-order valence-electron chi connectivity index (χ3n) is 7.20. The predicted molar refractivity (Wildman–Crippen MR) is 136 cm³/mol. The minimum atomic E-state index is 0.114. The van der Waals surface area contributed by atoms with Crippen molar-refractivity contribution in [2.24, 2.45) is 0 Å². The summed E-state index contributed by atoms with van der Waals surface area (Å²) in [4.78, 5) is 35.2.